The Balaban J connectivity index is 0.00000391. The van der Waals surface area contributed by atoms with Gasteiger partial charge in [0.25, 0.3) is 15.7 Å². The number of piperazine rings is 1. The molecule has 1 fully saturated rings. The van der Waals surface area contributed by atoms with Gasteiger partial charge in [-0.1, -0.05) is 56.5 Å². The third-order valence-electron chi connectivity index (χ3n) is 10.8. The van der Waals surface area contributed by atoms with E-state index in [1.165, 1.54) is 62.4 Å². The Hall–Kier alpha value is -3.63. The Morgan fingerprint density at radius 2 is 1.65 bits per heavy atom. The van der Waals surface area contributed by atoms with Gasteiger partial charge in [0.2, 0.25) is 0 Å². The maximum atomic E-state index is 14.0. The molecule has 60 heavy (non-hydrogen) atoms. The zero-order chi connectivity index (χ0) is 44.1. The zero-order valence-electron chi connectivity index (χ0n) is 35.7. The summed E-state index contributed by atoms with van der Waals surface area (Å²) in [6.45, 7) is 18.2. The number of carbonyl (C=O) groups is 1. The van der Waals surface area contributed by atoms with Crippen molar-refractivity contribution in [1.82, 2.24) is 14.5 Å². The van der Waals surface area contributed by atoms with E-state index in [0.717, 1.165) is 49.4 Å². The monoisotopic (exact) mass is 889 g/mol. The van der Waals surface area contributed by atoms with E-state index in [4.69, 9.17) is 0 Å². The van der Waals surface area contributed by atoms with Gasteiger partial charge in [-0.25, -0.2) is 12.6 Å². The van der Waals surface area contributed by atoms with Crippen molar-refractivity contribution in [2.45, 2.75) is 92.0 Å². The number of unbranched alkanes of at least 4 members (excludes halogenated alkanes) is 1. The highest BCUT2D eigenvalue weighted by Gasteiger charge is 2.48. The van der Waals surface area contributed by atoms with Gasteiger partial charge in [0.05, 0.1) is 10.6 Å². The lowest BCUT2D eigenvalue weighted by atomic mass is 9.73. The van der Waals surface area contributed by atoms with Crippen LogP contribution in [0.4, 0.5) is 24.5 Å². The van der Waals surface area contributed by atoms with Crippen LogP contribution in [0.15, 0.2) is 112 Å². The highest BCUT2D eigenvalue weighted by Crippen LogP contribution is 2.41. The molecule has 3 aromatic carbocycles. The number of halogens is 3. The number of alkyl halides is 3. The first-order valence-electron chi connectivity index (χ1n) is 20.5. The first-order chi connectivity index (χ1) is 28.5. The Bertz CT molecular complexity index is 2020. The number of thioether (sulfide) groups is 1. The van der Waals surface area contributed by atoms with Crippen molar-refractivity contribution in [3.8, 4) is 0 Å². The summed E-state index contributed by atoms with van der Waals surface area (Å²) in [6, 6.07) is 19.2. The second-order valence-corrected chi connectivity index (χ2v) is 20.5. The molecule has 3 aromatic rings. The molecule has 1 aliphatic carbocycles. The molecule has 0 radical (unpaired) electrons. The molecule has 330 valence electrons. The quantitative estimate of drug-likeness (QED) is 0.0956. The van der Waals surface area contributed by atoms with Crippen molar-refractivity contribution in [3.05, 3.63) is 103 Å². The maximum absolute atomic E-state index is 14.0. The van der Waals surface area contributed by atoms with Gasteiger partial charge in [0.15, 0.2) is 11.0 Å². The lowest BCUT2D eigenvalue weighted by Gasteiger charge is -2.39. The molecule has 2 N–H and O–H groups in total. The van der Waals surface area contributed by atoms with Crippen LogP contribution in [-0.2, 0) is 20.8 Å². The van der Waals surface area contributed by atoms with Crippen LogP contribution in [0.2, 0.25) is 0 Å². The number of nitrogens with one attached hydrogen (secondary N) is 2. The van der Waals surface area contributed by atoms with E-state index >= 15 is 0 Å². The molecule has 1 amide bonds. The molecule has 15 heteroatoms. The van der Waals surface area contributed by atoms with E-state index < -0.39 is 43.2 Å². The number of carbonyl (C=O) groups excluding carboxylic acids is 1. The molecule has 0 aromatic heterocycles. The van der Waals surface area contributed by atoms with E-state index in [2.05, 4.69) is 53.8 Å². The topological polar surface area (TPSA) is 102 Å². The van der Waals surface area contributed by atoms with Crippen LogP contribution in [0.1, 0.15) is 76.1 Å². The Labute approximate surface area is 362 Å². The molecule has 2 unspecified atom stereocenters. The van der Waals surface area contributed by atoms with Gasteiger partial charge in [0, 0.05) is 60.7 Å². The van der Waals surface area contributed by atoms with Crippen molar-refractivity contribution in [3.63, 3.8) is 0 Å². The van der Waals surface area contributed by atoms with Crippen LogP contribution in [0, 0.1) is 5.41 Å². The van der Waals surface area contributed by atoms with Crippen molar-refractivity contribution in [2.75, 3.05) is 69.3 Å². The van der Waals surface area contributed by atoms with E-state index in [-0.39, 0.29) is 16.1 Å². The summed E-state index contributed by atoms with van der Waals surface area (Å²) in [6.07, 6.45) is 7.72. The summed E-state index contributed by atoms with van der Waals surface area (Å²) in [5.74, 6) is -0.263. The minimum atomic E-state index is -5.86. The van der Waals surface area contributed by atoms with Gasteiger partial charge >= 0.3 is 5.51 Å². The van der Waals surface area contributed by atoms with E-state index in [0.29, 0.717) is 24.1 Å². The lowest BCUT2D eigenvalue weighted by molar-refractivity contribution is -0.0435. The number of allylic oxidation sites excluding steroid dienone is 1. The average molecular weight is 890 g/mol. The molecule has 1 aliphatic heterocycles. The first-order valence-corrected chi connectivity index (χ1v) is 24.1. The number of anilines is 2. The molecule has 0 spiro atoms. The fraction of sp³-hybridized carbons (Fsp3) is 0.489. The molecule has 1 saturated heterocycles. The van der Waals surface area contributed by atoms with Crippen LogP contribution in [0.3, 0.4) is 0 Å². The number of hydrogen-bond acceptors (Lipinski definition) is 9. The van der Waals surface area contributed by atoms with Crippen molar-refractivity contribution >= 4 is 49.9 Å². The van der Waals surface area contributed by atoms with Crippen LogP contribution >= 0.6 is 11.8 Å². The van der Waals surface area contributed by atoms with Gasteiger partial charge in [-0.05, 0) is 119 Å². The first kappa shape index (κ1) is 49.0. The standard InChI is InChI=1S/C43H58F3N5O4S3.C2H4/c1-6-7-11-33-29-42(2,3)22-20-34(33)30-50-24-26-51(27-25-50)36-16-14-32(15-17-36)41(52)48-57(53)38-18-19-39(40(28-38)58(54,55)43(44,45)46)47-35(21-23-49(4)5)31-56-37-12-9-8-10-13-37;1-2/h8-10,12-19,28,35,47H,6-7,11,20-27,29-31H2,1-5H3,(H,48,52);1-2H2. The smallest absolute Gasteiger partial charge is 0.380 e. The highest BCUT2D eigenvalue weighted by atomic mass is 32.2. The summed E-state index contributed by atoms with van der Waals surface area (Å²) >= 11 is 1.49. The maximum Gasteiger partial charge on any atom is 0.501 e. The Morgan fingerprint density at radius 3 is 2.27 bits per heavy atom. The van der Waals surface area contributed by atoms with Crippen molar-refractivity contribution in [1.29, 1.82) is 0 Å². The normalized spacial score (nSPS) is 17.1. The van der Waals surface area contributed by atoms with Crippen LogP contribution in [0.5, 0.6) is 0 Å². The average Bonchev–Trinajstić information content (AvgIpc) is 3.22. The molecule has 1 heterocycles. The molecule has 2 atom stereocenters. The number of amides is 1. The predicted molar refractivity (Wildman–Crippen MR) is 242 cm³/mol. The van der Waals surface area contributed by atoms with Gasteiger partial charge in [-0.3, -0.25) is 14.4 Å². The third-order valence-corrected chi connectivity index (χ3v) is 14.6. The molecule has 0 saturated carbocycles. The lowest BCUT2D eigenvalue weighted by Crippen LogP contribution is -2.47. The summed E-state index contributed by atoms with van der Waals surface area (Å²) in [5.41, 5.74) is -1.05. The van der Waals surface area contributed by atoms with Gasteiger partial charge in [-0.15, -0.1) is 24.9 Å². The molecule has 5 rings (SSSR count). The second kappa shape index (κ2) is 22.5. The number of hydrogen-bond donors (Lipinski definition) is 2. The molecular formula is C45H62F3N5O4S3. The summed E-state index contributed by atoms with van der Waals surface area (Å²) in [4.78, 5) is 19.6. The van der Waals surface area contributed by atoms with Gasteiger partial charge in [0.1, 0.15) is 4.90 Å². The van der Waals surface area contributed by atoms with Gasteiger partial charge < -0.3 is 15.1 Å². The molecule has 0 bridgehead atoms. The third kappa shape index (κ3) is 13.9. The minimum Gasteiger partial charge on any atom is -0.380 e. The second-order valence-electron chi connectivity index (χ2n) is 16.3. The summed E-state index contributed by atoms with van der Waals surface area (Å²) < 4.78 is 83.5. The largest absolute Gasteiger partial charge is 0.501 e. The summed E-state index contributed by atoms with van der Waals surface area (Å²) in [5, 5.41) is 3.03. The van der Waals surface area contributed by atoms with Crippen molar-refractivity contribution < 1.29 is 30.6 Å². The van der Waals surface area contributed by atoms with Crippen LogP contribution in [-0.4, -0.2) is 99.0 Å². The predicted octanol–water partition coefficient (Wildman–Crippen LogP) is 9.58. The molecule has 2 aliphatic rings. The van der Waals surface area contributed by atoms with E-state index in [1.807, 2.05) is 61.5 Å². The number of rotatable bonds is 18. The fourth-order valence-electron chi connectivity index (χ4n) is 7.39. The van der Waals surface area contributed by atoms with Crippen LogP contribution in [0.25, 0.3) is 0 Å². The molecular weight excluding hydrogens is 828 g/mol. The van der Waals surface area contributed by atoms with E-state index in [9.17, 15) is 30.6 Å². The highest BCUT2D eigenvalue weighted by molar-refractivity contribution is 7.99. The number of benzene rings is 3. The number of nitrogens with zero attached hydrogens (tertiary/aromatic N) is 3. The Morgan fingerprint density at radius 1 is 0.983 bits per heavy atom. The summed E-state index contributed by atoms with van der Waals surface area (Å²) in [7, 11) is -4.48. The Kier molecular flexibility index (Phi) is 18.4. The van der Waals surface area contributed by atoms with Crippen molar-refractivity contribution in [2.24, 2.45) is 5.41 Å². The fourth-order valence-corrected chi connectivity index (χ4v) is 10.2. The zero-order valence-corrected chi connectivity index (χ0v) is 38.1. The van der Waals surface area contributed by atoms with E-state index in [1.54, 1.807) is 23.3 Å². The van der Waals surface area contributed by atoms with Crippen LogP contribution < -0.4 is 14.9 Å². The van der Waals surface area contributed by atoms with Gasteiger partial charge in [-0.2, -0.15) is 13.2 Å². The molecule has 9 nitrogen and oxygen atoms in total. The minimum absolute atomic E-state index is 0.212. The SMILES string of the molecule is C=C.CCCCC1=C(CN2CCN(c3ccc(C(=O)NS(=O)c4ccc(NC(CCN(C)C)CSc5ccccc5)c(S(=O)(=O)C(F)(F)F)c4)cc3)CC2)CCC(C)(C)C1. The number of sulfone groups is 1.